The highest BCUT2D eigenvalue weighted by Crippen LogP contribution is 2.31. The standard InChI is InChI=1S/C20H17BrF3N3O3/c21-14-2-1-3-15(7-14)27-9-12(6-18(27)28)19(29)26-10-16(11-26)30-17-5-4-13(8-25-17)20(22,23)24/h1-5,7-8,12,16H,6,9-11H2. The van der Waals surface area contributed by atoms with Crippen LogP contribution in [0.4, 0.5) is 18.9 Å². The fourth-order valence-electron chi connectivity index (χ4n) is 3.51. The Hall–Kier alpha value is -2.62. The first-order chi connectivity index (χ1) is 14.2. The van der Waals surface area contributed by atoms with Crippen LogP contribution >= 0.6 is 15.9 Å². The number of likely N-dealkylation sites (tertiary alicyclic amines) is 1. The number of aromatic nitrogens is 1. The third-order valence-electron chi connectivity index (χ3n) is 5.10. The van der Waals surface area contributed by atoms with Crippen LogP contribution in [-0.2, 0) is 15.8 Å². The summed E-state index contributed by atoms with van der Waals surface area (Å²) in [6, 6.07) is 9.41. The van der Waals surface area contributed by atoms with E-state index in [0.717, 1.165) is 22.4 Å². The first kappa shape index (κ1) is 20.6. The van der Waals surface area contributed by atoms with Gasteiger partial charge in [-0.3, -0.25) is 9.59 Å². The van der Waals surface area contributed by atoms with Crippen LogP contribution in [-0.4, -0.2) is 47.4 Å². The quantitative estimate of drug-likeness (QED) is 0.667. The largest absolute Gasteiger partial charge is 0.471 e. The van der Waals surface area contributed by atoms with E-state index in [1.807, 2.05) is 24.3 Å². The summed E-state index contributed by atoms with van der Waals surface area (Å²) < 4.78 is 44.1. The fraction of sp³-hybridized carbons (Fsp3) is 0.350. The minimum absolute atomic E-state index is 0.0805. The average molecular weight is 484 g/mol. The van der Waals surface area contributed by atoms with Gasteiger partial charge in [0.2, 0.25) is 17.7 Å². The van der Waals surface area contributed by atoms with Gasteiger partial charge in [0.25, 0.3) is 0 Å². The lowest BCUT2D eigenvalue weighted by Crippen LogP contribution is -2.57. The molecule has 2 fully saturated rings. The lowest BCUT2D eigenvalue weighted by Gasteiger charge is -2.39. The molecule has 0 bridgehead atoms. The SMILES string of the molecule is O=C(C1CC(=O)N(c2cccc(Br)c2)C1)N1CC(Oc2ccc(C(F)(F)F)cn2)C1. The van der Waals surface area contributed by atoms with Crippen LogP contribution in [0, 0.1) is 5.92 Å². The molecule has 1 unspecified atom stereocenters. The molecule has 158 valence electrons. The summed E-state index contributed by atoms with van der Waals surface area (Å²) in [6.45, 7) is 0.933. The van der Waals surface area contributed by atoms with Crippen molar-refractivity contribution in [2.45, 2.75) is 18.7 Å². The molecule has 10 heteroatoms. The van der Waals surface area contributed by atoms with Gasteiger partial charge in [0.1, 0.15) is 6.10 Å². The van der Waals surface area contributed by atoms with E-state index in [-0.39, 0.29) is 30.2 Å². The summed E-state index contributed by atoms with van der Waals surface area (Å²) in [4.78, 5) is 31.9. The first-order valence-electron chi connectivity index (χ1n) is 9.25. The number of hydrogen-bond donors (Lipinski definition) is 0. The van der Waals surface area contributed by atoms with Gasteiger partial charge >= 0.3 is 6.18 Å². The van der Waals surface area contributed by atoms with Gasteiger partial charge in [0.15, 0.2) is 0 Å². The molecule has 1 atom stereocenters. The summed E-state index contributed by atoms with van der Waals surface area (Å²) in [5, 5.41) is 0. The van der Waals surface area contributed by atoms with Crippen LogP contribution in [0.2, 0.25) is 0 Å². The van der Waals surface area contributed by atoms with Gasteiger partial charge in [-0.25, -0.2) is 4.98 Å². The zero-order chi connectivity index (χ0) is 21.5. The number of anilines is 1. The maximum atomic E-state index is 12.7. The Balaban J connectivity index is 1.30. The van der Waals surface area contributed by atoms with E-state index in [2.05, 4.69) is 20.9 Å². The lowest BCUT2D eigenvalue weighted by molar-refractivity contribution is -0.144. The molecule has 2 aliphatic rings. The van der Waals surface area contributed by atoms with E-state index >= 15 is 0 Å². The number of carbonyl (C=O) groups is 2. The summed E-state index contributed by atoms with van der Waals surface area (Å²) in [5.74, 6) is -0.576. The predicted molar refractivity (Wildman–Crippen MR) is 105 cm³/mol. The van der Waals surface area contributed by atoms with Crippen LogP contribution in [0.25, 0.3) is 0 Å². The molecule has 2 aliphatic heterocycles. The lowest BCUT2D eigenvalue weighted by atomic mass is 10.0. The predicted octanol–water partition coefficient (Wildman–Crippen LogP) is 3.51. The maximum Gasteiger partial charge on any atom is 0.417 e. The molecule has 2 saturated heterocycles. The van der Waals surface area contributed by atoms with Crippen molar-refractivity contribution in [3.8, 4) is 5.88 Å². The molecule has 1 aromatic heterocycles. The van der Waals surface area contributed by atoms with E-state index in [1.54, 1.807) is 9.80 Å². The monoisotopic (exact) mass is 483 g/mol. The summed E-state index contributed by atoms with van der Waals surface area (Å²) >= 11 is 3.38. The van der Waals surface area contributed by atoms with E-state index in [1.165, 1.54) is 6.07 Å². The molecule has 6 nitrogen and oxygen atoms in total. The molecule has 0 saturated carbocycles. The maximum absolute atomic E-state index is 12.7. The van der Waals surface area contributed by atoms with Crippen LogP contribution in [0.1, 0.15) is 12.0 Å². The van der Waals surface area contributed by atoms with Crippen molar-refractivity contribution < 1.29 is 27.5 Å². The van der Waals surface area contributed by atoms with Crippen LogP contribution in [0.15, 0.2) is 47.1 Å². The van der Waals surface area contributed by atoms with E-state index < -0.39 is 17.7 Å². The third kappa shape index (κ3) is 4.28. The van der Waals surface area contributed by atoms with Crippen molar-refractivity contribution in [3.63, 3.8) is 0 Å². The number of benzene rings is 1. The number of rotatable bonds is 4. The molecule has 0 radical (unpaired) electrons. The summed E-state index contributed by atoms with van der Waals surface area (Å²) in [7, 11) is 0. The number of amides is 2. The van der Waals surface area contributed by atoms with E-state index in [0.29, 0.717) is 19.6 Å². The average Bonchev–Trinajstić information content (AvgIpc) is 3.05. The van der Waals surface area contributed by atoms with Gasteiger partial charge < -0.3 is 14.5 Å². The normalized spacial score (nSPS) is 19.7. The number of nitrogens with zero attached hydrogens (tertiary/aromatic N) is 3. The highest BCUT2D eigenvalue weighted by atomic mass is 79.9. The minimum Gasteiger partial charge on any atom is -0.471 e. The minimum atomic E-state index is -4.45. The van der Waals surface area contributed by atoms with Crippen molar-refractivity contribution in [3.05, 3.63) is 52.6 Å². The Bertz CT molecular complexity index is 962. The van der Waals surface area contributed by atoms with Crippen LogP contribution in [0.3, 0.4) is 0 Å². The highest BCUT2D eigenvalue weighted by molar-refractivity contribution is 9.10. The molecule has 30 heavy (non-hydrogen) atoms. The van der Waals surface area contributed by atoms with E-state index in [4.69, 9.17) is 4.74 Å². The zero-order valence-corrected chi connectivity index (χ0v) is 17.2. The number of hydrogen-bond acceptors (Lipinski definition) is 4. The number of alkyl halides is 3. The Kier molecular flexibility index (Phi) is 5.44. The van der Waals surface area contributed by atoms with Gasteiger partial charge in [-0.05, 0) is 24.3 Å². The molecule has 1 aromatic carbocycles. The fourth-order valence-corrected chi connectivity index (χ4v) is 3.89. The molecule has 0 aliphatic carbocycles. The Morgan fingerprint density at radius 3 is 2.57 bits per heavy atom. The number of halogens is 4. The molecule has 4 rings (SSSR count). The number of carbonyl (C=O) groups excluding carboxylic acids is 2. The Morgan fingerprint density at radius 1 is 1.17 bits per heavy atom. The van der Waals surface area contributed by atoms with Crippen molar-refractivity contribution in [2.24, 2.45) is 5.92 Å². The molecule has 0 spiro atoms. The number of ether oxygens (including phenoxy) is 1. The molecule has 2 aromatic rings. The Morgan fingerprint density at radius 2 is 1.93 bits per heavy atom. The number of pyridine rings is 1. The Labute approximate surface area is 178 Å². The van der Waals surface area contributed by atoms with Crippen LogP contribution < -0.4 is 9.64 Å². The highest BCUT2D eigenvalue weighted by Gasteiger charge is 2.41. The van der Waals surface area contributed by atoms with Gasteiger partial charge in [0.05, 0.1) is 24.6 Å². The molecular weight excluding hydrogens is 467 g/mol. The van der Waals surface area contributed by atoms with E-state index in [9.17, 15) is 22.8 Å². The van der Waals surface area contributed by atoms with Crippen LogP contribution in [0.5, 0.6) is 5.88 Å². The molecule has 2 amide bonds. The third-order valence-corrected chi connectivity index (χ3v) is 5.60. The van der Waals surface area contributed by atoms with Crippen molar-refractivity contribution in [2.75, 3.05) is 24.5 Å². The van der Waals surface area contributed by atoms with Gasteiger partial charge in [-0.2, -0.15) is 13.2 Å². The molecule has 3 heterocycles. The molecular formula is C20H17BrF3N3O3. The van der Waals surface area contributed by atoms with Gasteiger partial charge in [-0.1, -0.05) is 22.0 Å². The topological polar surface area (TPSA) is 62.7 Å². The van der Waals surface area contributed by atoms with Gasteiger partial charge in [0, 0.05) is 35.4 Å². The summed E-state index contributed by atoms with van der Waals surface area (Å²) in [6.07, 6.45) is -3.92. The zero-order valence-electron chi connectivity index (χ0n) is 15.6. The van der Waals surface area contributed by atoms with Gasteiger partial charge in [-0.15, -0.1) is 0 Å². The second-order valence-electron chi connectivity index (χ2n) is 7.25. The summed E-state index contributed by atoms with van der Waals surface area (Å²) in [5.41, 5.74) is -0.107. The second kappa shape index (κ2) is 7.90. The molecule has 0 N–H and O–H groups in total. The van der Waals surface area contributed by atoms with Crippen molar-refractivity contribution in [1.29, 1.82) is 0 Å². The second-order valence-corrected chi connectivity index (χ2v) is 8.17. The first-order valence-corrected chi connectivity index (χ1v) is 10.0. The van der Waals surface area contributed by atoms with Crippen molar-refractivity contribution >= 4 is 33.4 Å². The smallest absolute Gasteiger partial charge is 0.417 e. The van der Waals surface area contributed by atoms with Crippen molar-refractivity contribution in [1.82, 2.24) is 9.88 Å².